The molecule has 0 N–H and O–H groups in total. The number of nitrogens with zero attached hydrogens (tertiary/aromatic N) is 1. The van der Waals surface area contributed by atoms with Gasteiger partial charge in [-0.2, -0.15) is 13.2 Å². The summed E-state index contributed by atoms with van der Waals surface area (Å²) >= 11 is 0. The molecule has 6 heteroatoms. The van der Waals surface area contributed by atoms with Crippen LogP contribution in [0.2, 0.25) is 0 Å². The smallest absolute Gasteiger partial charge is 0.416 e. The minimum atomic E-state index is -4.40. The molecule has 3 atom stereocenters. The third-order valence-electron chi connectivity index (χ3n) is 6.08. The fourth-order valence-corrected chi connectivity index (χ4v) is 4.66. The molecule has 0 spiro atoms. The fraction of sp³-hybridized carbons (Fsp3) is 0.500. The van der Waals surface area contributed by atoms with Gasteiger partial charge < -0.3 is 9.47 Å². The summed E-state index contributed by atoms with van der Waals surface area (Å²) in [5.74, 6) is 0.600. The Morgan fingerprint density at radius 3 is 2.30 bits per heavy atom. The highest BCUT2D eigenvalue weighted by molar-refractivity contribution is 5.44. The molecule has 0 radical (unpaired) electrons. The van der Waals surface area contributed by atoms with Crippen LogP contribution >= 0.6 is 0 Å². The lowest BCUT2D eigenvalue weighted by molar-refractivity contribution is -0.137. The predicted molar refractivity (Wildman–Crippen MR) is 110 cm³/mol. The molecular weight excluding hydrogens is 391 g/mol. The summed E-state index contributed by atoms with van der Waals surface area (Å²) in [7, 11) is 0. The van der Waals surface area contributed by atoms with Crippen LogP contribution in [-0.2, 0) is 12.7 Å². The second-order valence-electron chi connectivity index (χ2n) is 8.26. The van der Waals surface area contributed by atoms with Gasteiger partial charge in [0.2, 0.25) is 0 Å². The molecule has 2 aromatic carbocycles. The van der Waals surface area contributed by atoms with Gasteiger partial charge in [-0.05, 0) is 55.9 Å². The van der Waals surface area contributed by atoms with Gasteiger partial charge in [-0.15, -0.1) is 0 Å². The van der Waals surface area contributed by atoms with Crippen LogP contribution in [-0.4, -0.2) is 29.7 Å². The van der Waals surface area contributed by atoms with Crippen molar-refractivity contribution >= 4 is 0 Å². The standard InChI is InChI=1S/C24H28F3NO2/c1-2-12-29-23-13-18(24(25,26)27)8-11-22(23)30-21-14-19-9-10-20(15-21)28(19)16-17-6-4-3-5-7-17/h3-8,11,13,19-21H,2,9-10,12,14-16H2,1H3/t19-,20+,21?. The summed E-state index contributed by atoms with van der Waals surface area (Å²) in [5.41, 5.74) is 0.602. The molecule has 2 fully saturated rings. The molecule has 0 aromatic heterocycles. The number of hydrogen-bond acceptors (Lipinski definition) is 3. The molecule has 0 aliphatic carbocycles. The highest BCUT2D eigenvalue weighted by atomic mass is 19.4. The Morgan fingerprint density at radius 1 is 0.967 bits per heavy atom. The molecule has 3 nitrogen and oxygen atoms in total. The predicted octanol–water partition coefficient (Wildman–Crippen LogP) is 6.07. The zero-order valence-corrected chi connectivity index (χ0v) is 17.2. The molecular formula is C24H28F3NO2. The van der Waals surface area contributed by atoms with Crippen molar-refractivity contribution in [3.63, 3.8) is 0 Å². The van der Waals surface area contributed by atoms with E-state index in [0.717, 1.165) is 50.8 Å². The summed E-state index contributed by atoms with van der Waals surface area (Å²) in [5, 5.41) is 0. The second-order valence-corrected chi connectivity index (χ2v) is 8.26. The van der Waals surface area contributed by atoms with E-state index in [1.807, 2.05) is 13.0 Å². The number of halogens is 3. The van der Waals surface area contributed by atoms with Gasteiger partial charge in [0, 0.05) is 18.6 Å². The normalized spacial score (nSPS) is 24.1. The van der Waals surface area contributed by atoms with Crippen molar-refractivity contribution in [2.45, 2.75) is 69.9 Å². The van der Waals surface area contributed by atoms with Crippen LogP contribution in [0.25, 0.3) is 0 Å². The van der Waals surface area contributed by atoms with Crippen LogP contribution in [0, 0.1) is 0 Å². The van der Waals surface area contributed by atoms with Crippen LogP contribution in [0.1, 0.15) is 50.2 Å². The van der Waals surface area contributed by atoms with Crippen LogP contribution < -0.4 is 9.47 Å². The van der Waals surface area contributed by atoms with E-state index in [1.165, 1.54) is 11.6 Å². The quantitative estimate of drug-likeness (QED) is 0.544. The van der Waals surface area contributed by atoms with Crippen molar-refractivity contribution in [3.05, 3.63) is 59.7 Å². The Hall–Kier alpha value is -2.21. The average Bonchev–Trinajstić information content (AvgIpc) is 2.95. The molecule has 2 aromatic rings. The van der Waals surface area contributed by atoms with Crippen molar-refractivity contribution in [1.82, 2.24) is 4.90 Å². The van der Waals surface area contributed by atoms with E-state index in [2.05, 4.69) is 29.2 Å². The van der Waals surface area contributed by atoms with E-state index in [1.54, 1.807) is 0 Å². The monoisotopic (exact) mass is 419 g/mol. The third-order valence-corrected chi connectivity index (χ3v) is 6.08. The molecule has 4 rings (SSSR count). The maximum absolute atomic E-state index is 13.1. The Labute approximate surface area is 175 Å². The first-order valence-electron chi connectivity index (χ1n) is 10.7. The first kappa shape index (κ1) is 21.0. The van der Waals surface area contributed by atoms with Crippen molar-refractivity contribution < 1.29 is 22.6 Å². The van der Waals surface area contributed by atoms with Crippen molar-refractivity contribution in [3.8, 4) is 11.5 Å². The molecule has 30 heavy (non-hydrogen) atoms. The van der Waals surface area contributed by atoms with Crippen molar-refractivity contribution in [2.24, 2.45) is 0 Å². The summed E-state index contributed by atoms with van der Waals surface area (Å²) in [6, 6.07) is 14.9. The number of benzene rings is 2. The van der Waals surface area contributed by atoms with Gasteiger partial charge >= 0.3 is 6.18 Å². The maximum Gasteiger partial charge on any atom is 0.416 e. The lowest BCUT2D eigenvalue weighted by Crippen LogP contribution is -2.45. The number of rotatable bonds is 7. The molecule has 0 amide bonds. The van der Waals surface area contributed by atoms with Crippen LogP contribution in [0.5, 0.6) is 11.5 Å². The van der Waals surface area contributed by atoms with E-state index in [0.29, 0.717) is 24.4 Å². The zero-order chi connectivity index (χ0) is 21.1. The summed E-state index contributed by atoms with van der Waals surface area (Å²) in [6.07, 6.45) is 0.375. The second kappa shape index (κ2) is 8.88. The Morgan fingerprint density at radius 2 is 1.67 bits per heavy atom. The molecule has 2 bridgehead atoms. The molecule has 2 saturated heterocycles. The minimum absolute atomic E-state index is 0.00441. The average molecular weight is 419 g/mol. The van der Waals surface area contributed by atoms with E-state index in [4.69, 9.17) is 9.47 Å². The van der Waals surface area contributed by atoms with E-state index in [-0.39, 0.29) is 11.9 Å². The lowest BCUT2D eigenvalue weighted by Gasteiger charge is -2.39. The summed E-state index contributed by atoms with van der Waals surface area (Å²) < 4.78 is 51.1. The first-order valence-corrected chi connectivity index (χ1v) is 10.7. The molecule has 0 saturated carbocycles. The maximum atomic E-state index is 13.1. The Bertz CT molecular complexity index is 826. The molecule has 2 aliphatic rings. The van der Waals surface area contributed by atoms with Gasteiger partial charge in [0.25, 0.3) is 0 Å². The Kier molecular flexibility index (Phi) is 6.23. The van der Waals surface area contributed by atoms with Gasteiger partial charge in [-0.3, -0.25) is 4.90 Å². The van der Waals surface area contributed by atoms with Gasteiger partial charge in [0.15, 0.2) is 11.5 Å². The van der Waals surface area contributed by atoms with Gasteiger partial charge in [0.05, 0.1) is 12.2 Å². The van der Waals surface area contributed by atoms with E-state index >= 15 is 0 Å². The van der Waals surface area contributed by atoms with Crippen LogP contribution in [0.4, 0.5) is 13.2 Å². The third kappa shape index (κ3) is 4.75. The van der Waals surface area contributed by atoms with Crippen LogP contribution in [0.15, 0.2) is 48.5 Å². The highest BCUT2D eigenvalue weighted by Gasteiger charge is 2.41. The van der Waals surface area contributed by atoms with Gasteiger partial charge in [-0.1, -0.05) is 37.3 Å². The summed E-state index contributed by atoms with van der Waals surface area (Å²) in [6.45, 7) is 3.22. The minimum Gasteiger partial charge on any atom is -0.490 e. The highest BCUT2D eigenvalue weighted by Crippen LogP contribution is 2.41. The van der Waals surface area contributed by atoms with Gasteiger partial charge in [-0.25, -0.2) is 0 Å². The molecule has 1 unspecified atom stereocenters. The number of alkyl halides is 3. The number of hydrogen-bond donors (Lipinski definition) is 0. The van der Waals surface area contributed by atoms with E-state index in [9.17, 15) is 13.2 Å². The Balaban J connectivity index is 1.45. The van der Waals surface area contributed by atoms with Crippen molar-refractivity contribution in [1.29, 1.82) is 0 Å². The summed E-state index contributed by atoms with van der Waals surface area (Å²) in [4.78, 5) is 2.57. The van der Waals surface area contributed by atoms with Crippen LogP contribution in [0.3, 0.4) is 0 Å². The lowest BCUT2D eigenvalue weighted by atomic mass is 9.98. The largest absolute Gasteiger partial charge is 0.490 e. The SMILES string of the molecule is CCCOc1cc(C(F)(F)F)ccc1OC1C[C@H]2CC[C@@H](C1)N2Cc1ccccc1. The number of piperidine rings is 1. The van der Waals surface area contributed by atoms with Gasteiger partial charge in [0.1, 0.15) is 6.10 Å². The molecule has 2 aliphatic heterocycles. The first-order chi connectivity index (χ1) is 14.4. The number of fused-ring (bicyclic) bond motifs is 2. The molecule has 162 valence electrons. The number of ether oxygens (including phenoxy) is 2. The molecule has 2 heterocycles. The van der Waals surface area contributed by atoms with E-state index < -0.39 is 11.7 Å². The zero-order valence-electron chi connectivity index (χ0n) is 17.2. The topological polar surface area (TPSA) is 21.7 Å². The fourth-order valence-electron chi connectivity index (χ4n) is 4.66. The van der Waals surface area contributed by atoms with Crippen molar-refractivity contribution in [2.75, 3.05) is 6.61 Å².